The molecule has 0 bridgehead atoms. The van der Waals surface area contributed by atoms with Gasteiger partial charge in [0.15, 0.2) is 0 Å². The minimum Gasteiger partial charge on any atom is -0.473 e. The Morgan fingerprint density at radius 2 is 1.45 bits per heavy atom. The fraction of sp³-hybridized carbons (Fsp3) is 0.194. The second kappa shape index (κ2) is 13.0. The van der Waals surface area contributed by atoms with Crippen LogP contribution < -0.4 is 14.4 Å². The number of pyridine rings is 1. The van der Waals surface area contributed by atoms with E-state index in [0.717, 1.165) is 11.1 Å². The SMILES string of the molecule is Fc1cc(-c2ccc(OCc3ccccc3)nc2OCc2ccccc2)ccc1N1CC[C@@H](c2ccc(Cl)cc2)C(F)(F)C1. The highest BCUT2D eigenvalue weighted by atomic mass is 35.5. The third kappa shape index (κ3) is 6.84. The number of anilines is 1. The van der Waals surface area contributed by atoms with Gasteiger partial charge in [0.25, 0.3) is 5.92 Å². The number of nitrogens with zero attached hydrogens (tertiary/aromatic N) is 2. The summed E-state index contributed by atoms with van der Waals surface area (Å²) in [6, 6.07) is 33.9. The first-order valence-corrected chi connectivity index (χ1v) is 14.8. The molecule has 0 aliphatic carbocycles. The zero-order valence-electron chi connectivity index (χ0n) is 23.8. The standard InChI is InChI=1S/C36H30ClF3N2O2/c37-29-14-11-27(12-15-29)31-19-20-42(24-36(31,39)40)33-17-13-28(21-32(33)38)30-16-18-34(43-22-25-7-3-1-4-8-25)41-35(30)44-23-26-9-5-2-6-10-26/h1-18,21,31H,19-20,22-24H2/t31-/m0/s1. The van der Waals surface area contributed by atoms with Gasteiger partial charge in [0, 0.05) is 23.2 Å². The quantitative estimate of drug-likeness (QED) is 0.166. The molecule has 4 aromatic carbocycles. The van der Waals surface area contributed by atoms with Gasteiger partial charge in [-0.25, -0.2) is 13.2 Å². The van der Waals surface area contributed by atoms with Gasteiger partial charge in [-0.15, -0.1) is 0 Å². The Labute approximate surface area is 259 Å². The Hall–Kier alpha value is -4.49. The Morgan fingerprint density at radius 1 is 0.795 bits per heavy atom. The molecule has 0 amide bonds. The van der Waals surface area contributed by atoms with Crippen LogP contribution in [0, 0.1) is 5.82 Å². The van der Waals surface area contributed by atoms with Crippen LogP contribution in [0.15, 0.2) is 115 Å². The lowest BCUT2D eigenvalue weighted by atomic mass is 9.86. The topological polar surface area (TPSA) is 34.6 Å². The van der Waals surface area contributed by atoms with Crippen LogP contribution in [-0.2, 0) is 13.2 Å². The first-order valence-electron chi connectivity index (χ1n) is 14.4. The lowest BCUT2D eigenvalue weighted by molar-refractivity contribution is -0.0332. The summed E-state index contributed by atoms with van der Waals surface area (Å²) in [6.07, 6.45) is 0.182. The van der Waals surface area contributed by atoms with E-state index in [1.807, 2.05) is 60.7 Å². The molecule has 6 rings (SSSR count). The van der Waals surface area contributed by atoms with Crippen LogP contribution in [-0.4, -0.2) is 24.0 Å². The number of alkyl halides is 2. The highest BCUT2D eigenvalue weighted by Gasteiger charge is 2.45. The van der Waals surface area contributed by atoms with Crippen LogP contribution in [0.1, 0.15) is 29.0 Å². The Morgan fingerprint density at radius 3 is 2.09 bits per heavy atom. The van der Waals surface area contributed by atoms with E-state index in [1.165, 1.54) is 11.0 Å². The van der Waals surface area contributed by atoms with Crippen LogP contribution in [0.25, 0.3) is 11.1 Å². The minimum absolute atomic E-state index is 0.130. The number of rotatable bonds is 9. The molecule has 1 aliphatic rings. The minimum atomic E-state index is -3.05. The van der Waals surface area contributed by atoms with Crippen molar-refractivity contribution in [2.24, 2.45) is 0 Å². The van der Waals surface area contributed by atoms with Crippen molar-refractivity contribution in [1.29, 1.82) is 0 Å². The van der Waals surface area contributed by atoms with Crippen molar-refractivity contribution in [2.45, 2.75) is 31.5 Å². The van der Waals surface area contributed by atoms with Crippen molar-refractivity contribution in [3.63, 3.8) is 0 Å². The second-order valence-electron chi connectivity index (χ2n) is 10.8. The Bertz CT molecular complexity index is 1700. The molecule has 0 unspecified atom stereocenters. The zero-order valence-corrected chi connectivity index (χ0v) is 24.6. The molecule has 224 valence electrons. The molecule has 0 N–H and O–H groups in total. The van der Waals surface area contributed by atoms with Gasteiger partial charge >= 0.3 is 0 Å². The molecule has 0 saturated carbocycles. The van der Waals surface area contributed by atoms with Gasteiger partial charge in [-0.1, -0.05) is 90.5 Å². The molecule has 0 radical (unpaired) electrons. The van der Waals surface area contributed by atoms with Gasteiger partial charge < -0.3 is 14.4 Å². The molecule has 1 atom stereocenters. The van der Waals surface area contributed by atoms with E-state index < -0.39 is 24.2 Å². The first-order chi connectivity index (χ1) is 21.4. The fourth-order valence-electron chi connectivity index (χ4n) is 5.47. The van der Waals surface area contributed by atoms with Gasteiger partial charge in [0.05, 0.1) is 18.2 Å². The zero-order chi connectivity index (χ0) is 30.5. The predicted molar refractivity (Wildman–Crippen MR) is 167 cm³/mol. The number of hydrogen-bond donors (Lipinski definition) is 0. The number of hydrogen-bond acceptors (Lipinski definition) is 4. The second-order valence-corrected chi connectivity index (χ2v) is 11.2. The average molecular weight is 615 g/mol. The largest absolute Gasteiger partial charge is 0.473 e. The summed E-state index contributed by atoms with van der Waals surface area (Å²) in [6.45, 7) is 0.283. The molecule has 44 heavy (non-hydrogen) atoms. The number of aromatic nitrogens is 1. The van der Waals surface area contributed by atoms with Gasteiger partial charge in [-0.3, -0.25) is 0 Å². The van der Waals surface area contributed by atoms with Crippen LogP contribution in [0.5, 0.6) is 11.8 Å². The van der Waals surface area contributed by atoms with E-state index in [4.69, 9.17) is 21.1 Å². The van der Waals surface area contributed by atoms with Crippen molar-refractivity contribution in [1.82, 2.24) is 4.98 Å². The molecule has 5 aromatic rings. The van der Waals surface area contributed by atoms with E-state index in [9.17, 15) is 0 Å². The van der Waals surface area contributed by atoms with Crippen molar-refractivity contribution in [3.8, 4) is 22.9 Å². The molecular formula is C36H30ClF3N2O2. The van der Waals surface area contributed by atoms with Crippen LogP contribution in [0.4, 0.5) is 18.9 Å². The number of ether oxygens (including phenoxy) is 2. The maximum Gasteiger partial charge on any atom is 0.272 e. The van der Waals surface area contributed by atoms with Gasteiger partial charge in [0.1, 0.15) is 19.0 Å². The summed E-state index contributed by atoms with van der Waals surface area (Å²) < 4.78 is 58.3. The smallest absolute Gasteiger partial charge is 0.272 e. The lowest BCUT2D eigenvalue weighted by Gasteiger charge is -2.40. The normalized spacial score (nSPS) is 16.0. The van der Waals surface area contributed by atoms with Crippen LogP contribution in [0.2, 0.25) is 5.02 Å². The predicted octanol–water partition coefficient (Wildman–Crippen LogP) is 9.33. The monoisotopic (exact) mass is 614 g/mol. The van der Waals surface area contributed by atoms with E-state index in [2.05, 4.69) is 4.98 Å². The van der Waals surface area contributed by atoms with Gasteiger partial charge in [-0.05, 0) is 59.0 Å². The molecule has 1 saturated heterocycles. The van der Waals surface area contributed by atoms with E-state index in [1.54, 1.807) is 48.5 Å². The summed E-state index contributed by atoms with van der Waals surface area (Å²) in [5.74, 6) is -3.96. The maximum atomic E-state index is 15.6. The van der Waals surface area contributed by atoms with Crippen molar-refractivity contribution in [2.75, 3.05) is 18.0 Å². The molecule has 0 spiro atoms. The highest BCUT2D eigenvalue weighted by molar-refractivity contribution is 6.30. The van der Waals surface area contributed by atoms with E-state index >= 15 is 13.2 Å². The van der Waals surface area contributed by atoms with Gasteiger partial charge in [-0.2, -0.15) is 4.98 Å². The van der Waals surface area contributed by atoms with Crippen molar-refractivity contribution >= 4 is 17.3 Å². The highest BCUT2D eigenvalue weighted by Crippen LogP contribution is 2.43. The first kappa shape index (κ1) is 29.6. The fourth-order valence-corrected chi connectivity index (χ4v) is 5.60. The summed E-state index contributed by atoms with van der Waals surface area (Å²) in [4.78, 5) is 6.01. The Kier molecular flexibility index (Phi) is 8.75. The number of halogens is 4. The maximum absolute atomic E-state index is 15.6. The van der Waals surface area contributed by atoms with Crippen molar-refractivity contribution in [3.05, 3.63) is 143 Å². The number of benzene rings is 4. The third-order valence-electron chi connectivity index (χ3n) is 7.75. The van der Waals surface area contributed by atoms with Crippen LogP contribution >= 0.6 is 11.6 Å². The van der Waals surface area contributed by atoms with E-state index in [-0.39, 0.29) is 24.6 Å². The summed E-state index contributed by atoms with van der Waals surface area (Å²) in [7, 11) is 0. The molecule has 4 nitrogen and oxygen atoms in total. The van der Waals surface area contributed by atoms with Crippen molar-refractivity contribution < 1.29 is 22.6 Å². The Balaban J connectivity index is 1.23. The molecule has 8 heteroatoms. The summed E-state index contributed by atoms with van der Waals surface area (Å²) in [5.41, 5.74) is 3.67. The molecular weight excluding hydrogens is 585 g/mol. The summed E-state index contributed by atoms with van der Waals surface area (Å²) >= 11 is 5.94. The lowest BCUT2D eigenvalue weighted by Crippen LogP contribution is -2.47. The molecule has 1 aromatic heterocycles. The summed E-state index contributed by atoms with van der Waals surface area (Å²) in [5, 5.41) is 0.495. The average Bonchev–Trinajstić information content (AvgIpc) is 3.04. The third-order valence-corrected chi connectivity index (χ3v) is 8.01. The van der Waals surface area contributed by atoms with Gasteiger partial charge in [0.2, 0.25) is 11.8 Å². The van der Waals surface area contributed by atoms with Crippen LogP contribution in [0.3, 0.4) is 0 Å². The molecule has 1 fully saturated rings. The van der Waals surface area contributed by atoms with E-state index in [0.29, 0.717) is 40.7 Å². The number of piperidine rings is 1. The molecule has 2 heterocycles. The molecule has 1 aliphatic heterocycles.